The molecular formula is C17H36OSi. The van der Waals surface area contributed by atoms with Gasteiger partial charge in [0.15, 0.2) is 0 Å². The van der Waals surface area contributed by atoms with E-state index in [4.69, 9.17) is 4.43 Å². The van der Waals surface area contributed by atoms with E-state index in [-0.39, 0.29) is 0 Å². The minimum absolute atomic E-state index is 0.479. The van der Waals surface area contributed by atoms with Gasteiger partial charge < -0.3 is 4.43 Å². The van der Waals surface area contributed by atoms with Gasteiger partial charge in [0.25, 0.3) is 0 Å². The summed E-state index contributed by atoms with van der Waals surface area (Å²) in [6.45, 7) is 13.0. The molecule has 2 heteroatoms. The van der Waals surface area contributed by atoms with Crippen molar-refractivity contribution in [3.63, 3.8) is 0 Å². The zero-order valence-electron chi connectivity index (χ0n) is 13.8. The maximum atomic E-state index is 6.36. The van der Waals surface area contributed by atoms with Crippen LogP contribution in [-0.4, -0.2) is 14.4 Å². The van der Waals surface area contributed by atoms with Gasteiger partial charge in [-0.1, -0.05) is 70.9 Å². The van der Waals surface area contributed by atoms with E-state index in [2.05, 4.69) is 39.2 Å². The predicted molar refractivity (Wildman–Crippen MR) is 90.1 cm³/mol. The van der Waals surface area contributed by atoms with Crippen LogP contribution in [0.3, 0.4) is 0 Å². The highest BCUT2D eigenvalue weighted by Gasteiger charge is 2.22. The summed E-state index contributed by atoms with van der Waals surface area (Å²) in [4.78, 5) is 0. The summed E-state index contributed by atoms with van der Waals surface area (Å²) in [5, 5.41) is 0. The van der Waals surface area contributed by atoms with Gasteiger partial charge in [0.05, 0.1) is 0 Å². The molecule has 0 aliphatic rings. The first kappa shape index (κ1) is 18.9. The second-order valence-electron chi connectivity index (χ2n) is 6.25. The number of hydrogen-bond acceptors (Lipinski definition) is 1. The number of hydrogen-bond donors (Lipinski definition) is 0. The van der Waals surface area contributed by atoms with Gasteiger partial charge in [-0.25, -0.2) is 0 Å². The van der Waals surface area contributed by atoms with Crippen molar-refractivity contribution >= 4 is 8.32 Å². The van der Waals surface area contributed by atoms with Gasteiger partial charge in [-0.3, -0.25) is 0 Å². The predicted octanol–water partition coefficient (Wildman–Crippen LogP) is 6.24. The molecule has 114 valence electrons. The minimum atomic E-state index is -1.61. The van der Waals surface area contributed by atoms with Crippen molar-refractivity contribution in [2.75, 3.05) is 0 Å². The lowest BCUT2D eigenvalue weighted by molar-refractivity contribution is 0.167. The fourth-order valence-corrected chi connectivity index (χ4v) is 3.53. The molecule has 0 aliphatic heterocycles. The molecule has 0 amide bonds. The fraction of sp³-hybridized carbons (Fsp3) is 0.882. The van der Waals surface area contributed by atoms with Crippen molar-refractivity contribution in [2.45, 2.75) is 97.3 Å². The molecule has 0 N–H and O–H groups in total. The molecule has 19 heavy (non-hydrogen) atoms. The van der Waals surface area contributed by atoms with Gasteiger partial charge in [-0.2, -0.15) is 0 Å². The Morgan fingerprint density at radius 3 is 1.89 bits per heavy atom. The molecule has 0 spiro atoms. The summed E-state index contributed by atoms with van der Waals surface area (Å²) >= 11 is 0. The zero-order chi connectivity index (χ0) is 14.6. The first-order chi connectivity index (χ1) is 9.05. The molecule has 0 bridgehead atoms. The Balaban J connectivity index is 3.99. The van der Waals surface area contributed by atoms with Crippen molar-refractivity contribution in [3.8, 4) is 0 Å². The molecule has 0 aromatic heterocycles. The largest absolute Gasteiger partial charge is 0.411 e. The van der Waals surface area contributed by atoms with Crippen LogP contribution in [0.25, 0.3) is 0 Å². The lowest BCUT2D eigenvalue weighted by atomic mass is 10.0. The first-order valence-corrected chi connectivity index (χ1v) is 11.4. The van der Waals surface area contributed by atoms with E-state index in [9.17, 15) is 0 Å². The lowest BCUT2D eigenvalue weighted by Gasteiger charge is -2.27. The lowest BCUT2D eigenvalue weighted by Crippen LogP contribution is -2.33. The highest BCUT2D eigenvalue weighted by molar-refractivity contribution is 6.76. The van der Waals surface area contributed by atoms with Crippen LogP contribution in [0, 0.1) is 0 Å². The molecular weight excluding hydrogens is 248 g/mol. The van der Waals surface area contributed by atoms with Gasteiger partial charge >= 0.3 is 0 Å². The monoisotopic (exact) mass is 284 g/mol. The Kier molecular flexibility index (Phi) is 11.7. The van der Waals surface area contributed by atoms with Crippen molar-refractivity contribution in [1.82, 2.24) is 0 Å². The van der Waals surface area contributed by atoms with Gasteiger partial charge in [0.2, 0.25) is 8.32 Å². The van der Waals surface area contributed by atoms with E-state index < -0.39 is 8.32 Å². The maximum Gasteiger partial charge on any atom is 0.210 e. The SMILES string of the molecule is C=C[Si](C)(C)OC(CCCCC)CCCCCCC. The van der Waals surface area contributed by atoms with Crippen LogP contribution in [0.15, 0.2) is 12.3 Å². The Hall–Kier alpha value is -0.0831. The van der Waals surface area contributed by atoms with E-state index in [1.807, 2.05) is 0 Å². The van der Waals surface area contributed by atoms with Crippen LogP contribution in [-0.2, 0) is 4.43 Å². The third kappa shape index (κ3) is 11.4. The van der Waals surface area contributed by atoms with Crippen molar-refractivity contribution < 1.29 is 4.43 Å². The number of unbranched alkanes of at least 4 members (excludes halogenated alkanes) is 6. The molecule has 0 saturated carbocycles. The number of rotatable bonds is 13. The summed E-state index contributed by atoms with van der Waals surface area (Å²) in [6, 6.07) is 0. The normalized spacial score (nSPS) is 13.5. The third-order valence-corrected chi connectivity index (χ3v) is 5.65. The highest BCUT2D eigenvalue weighted by Crippen LogP contribution is 2.20. The van der Waals surface area contributed by atoms with Gasteiger partial charge in [0, 0.05) is 6.10 Å². The summed E-state index contributed by atoms with van der Waals surface area (Å²) < 4.78 is 6.36. The molecule has 0 fully saturated rings. The molecule has 0 heterocycles. The van der Waals surface area contributed by atoms with Crippen LogP contribution in [0.5, 0.6) is 0 Å². The van der Waals surface area contributed by atoms with Crippen LogP contribution < -0.4 is 0 Å². The molecule has 1 atom stereocenters. The zero-order valence-corrected chi connectivity index (χ0v) is 14.8. The van der Waals surface area contributed by atoms with E-state index in [0.29, 0.717) is 6.10 Å². The minimum Gasteiger partial charge on any atom is -0.411 e. The molecule has 0 aromatic carbocycles. The van der Waals surface area contributed by atoms with Crippen LogP contribution in [0.4, 0.5) is 0 Å². The third-order valence-electron chi connectivity index (χ3n) is 3.72. The Morgan fingerprint density at radius 1 is 0.895 bits per heavy atom. The molecule has 1 nitrogen and oxygen atoms in total. The molecule has 1 unspecified atom stereocenters. The van der Waals surface area contributed by atoms with Crippen molar-refractivity contribution in [1.29, 1.82) is 0 Å². The summed E-state index contributed by atoms with van der Waals surface area (Å²) in [6.07, 6.45) is 13.7. The van der Waals surface area contributed by atoms with E-state index in [1.54, 1.807) is 0 Å². The summed E-state index contributed by atoms with van der Waals surface area (Å²) in [5.74, 6) is 0. The summed E-state index contributed by atoms with van der Waals surface area (Å²) in [5.41, 5.74) is 2.07. The average Bonchev–Trinajstić information content (AvgIpc) is 2.38. The van der Waals surface area contributed by atoms with E-state index in [0.717, 1.165) is 0 Å². The second-order valence-corrected chi connectivity index (χ2v) is 10.1. The van der Waals surface area contributed by atoms with Crippen LogP contribution in [0.1, 0.15) is 78.1 Å². The summed E-state index contributed by atoms with van der Waals surface area (Å²) in [7, 11) is -1.61. The smallest absolute Gasteiger partial charge is 0.210 e. The van der Waals surface area contributed by atoms with E-state index >= 15 is 0 Å². The average molecular weight is 285 g/mol. The molecule has 0 aromatic rings. The molecule has 0 rings (SSSR count). The fourth-order valence-electron chi connectivity index (χ4n) is 2.34. The quantitative estimate of drug-likeness (QED) is 0.287. The van der Waals surface area contributed by atoms with E-state index in [1.165, 1.54) is 64.2 Å². The van der Waals surface area contributed by atoms with Crippen LogP contribution in [0.2, 0.25) is 13.1 Å². The molecule has 0 radical (unpaired) electrons. The van der Waals surface area contributed by atoms with Crippen LogP contribution >= 0.6 is 0 Å². The maximum absolute atomic E-state index is 6.36. The molecule has 0 aliphatic carbocycles. The first-order valence-electron chi connectivity index (χ1n) is 8.37. The topological polar surface area (TPSA) is 9.23 Å². The molecule has 0 saturated heterocycles. The standard InChI is InChI=1S/C17H36OSi/c1-6-9-11-12-14-16-17(15-13-10-7-2)18-19(4,5)8-3/h8,17H,3,6-7,9-16H2,1-2,4-5H3. The van der Waals surface area contributed by atoms with Crippen molar-refractivity contribution in [3.05, 3.63) is 12.3 Å². The van der Waals surface area contributed by atoms with Gasteiger partial charge in [-0.15, -0.1) is 6.58 Å². The highest BCUT2D eigenvalue weighted by atomic mass is 28.4. The Morgan fingerprint density at radius 2 is 1.37 bits per heavy atom. The Labute approximate surface area is 123 Å². The Bertz CT molecular complexity index is 213. The van der Waals surface area contributed by atoms with Gasteiger partial charge in [0.1, 0.15) is 0 Å². The van der Waals surface area contributed by atoms with Crippen molar-refractivity contribution in [2.24, 2.45) is 0 Å². The van der Waals surface area contributed by atoms with Gasteiger partial charge in [-0.05, 0) is 25.9 Å². The second kappa shape index (κ2) is 11.7.